The molecule has 0 spiro atoms. The van der Waals surface area contributed by atoms with E-state index >= 15 is 0 Å². The average Bonchev–Trinajstić information content (AvgIpc) is 2.38. The number of sulfonamides is 1. The summed E-state index contributed by atoms with van der Waals surface area (Å²) in [6.45, 7) is 4.10. The Labute approximate surface area is 119 Å². The summed E-state index contributed by atoms with van der Waals surface area (Å²) in [5, 5.41) is -0.598. The topological polar surface area (TPSA) is 72.5 Å². The maximum Gasteiger partial charge on any atom is 0.264 e. The third-order valence-electron chi connectivity index (χ3n) is 3.36. The maximum atomic E-state index is 12.3. The molecule has 6 heteroatoms. The number of rotatable bonds is 3. The van der Waals surface area contributed by atoms with E-state index < -0.39 is 26.8 Å². The lowest BCUT2D eigenvalue weighted by molar-refractivity contribution is -0.0496. The molecule has 1 aromatic rings. The Bertz CT molecular complexity index is 580. The van der Waals surface area contributed by atoms with Crippen LogP contribution in [0.3, 0.4) is 0 Å². The molecule has 1 aromatic carbocycles. The zero-order valence-electron chi connectivity index (χ0n) is 11.6. The molecule has 1 aliphatic heterocycles. The first-order valence-corrected chi connectivity index (χ1v) is 8.10. The molecule has 20 heavy (non-hydrogen) atoms. The molecule has 1 N–H and O–H groups in total. The van der Waals surface area contributed by atoms with E-state index in [1.54, 1.807) is 30.3 Å². The highest BCUT2D eigenvalue weighted by Crippen LogP contribution is 2.27. The first kappa shape index (κ1) is 15.0. The molecule has 5 nitrogen and oxygen atoms in total. The normalized spacial score (nSPS) is 22.2. The van der Waals surface area contributed by atoms with Gasteiger partial charge in [-0.1, -0.05) is 18.2 Å². The molecule has 1 unspecified atom stereocenters. The van der Waals surface area contributed by atoms with Crippen molar-refractivity contribution in [3.05, 3.63) is 35.9 Å². The maximum absolute atomic E-state index is 12.3. The van der Waals surface area contributed by atoms with Gasteiger partial charge in [-0.3, -0.25) is 4.79 Å². The molecule has 1 saturated heterocycles. The van der Waals surface area contributed by atoms with Gasteiger partial charge >= 0.3 is 0 Å². The van der Waals surface area contributed by atoms with E-state index in [9.17, 15) is 13.2 Å². The van der Waals surface area contributed by atoms with Crippen molar-refractivity contribution in [1.82, 2.24) is 4.72 Å². The van der Waals surface area contributed by atoms with Crippen LogP contribution in [0.25, 0.3) is 0 Å². The number of benzene rings is 1. The molecular formula is C14H19NO4S. The van der Waals surface area contributed by atoms with Crippen LogP contribution in [0, 0.1) is 0 Å². The van der Waals surface area contributed by atoms with Crippen molar-refractivity contribution in [3.8, 4) is 0 Å². The van der Waals surface area contributed by atoms with Crippen LogP contribution in [0.2, 0.25) is 0 Å². The Morgan fingerprint density at radius 1 is 1.30 bits per heavy atom. The van der Waals surface area contributed by atoms with Crippen molar-refractivity contribution in [1.29, 1.82) is 0 Å². The van der Waals surface area contributed by atoms with Gasteiger partial charge in [-0.2, -0.15) is 0 Å². The summed E-state index contributed by atoms with van der Waals surface area (Å²) >= 11 is 0. The summed E-state index contributed by atoms with van der Waals surface area (Å²) in [5.41, 5.74) is -0.143. The second-order valence-electron chi connectivity index (χ2n) is 5.57. The van der Waals surface area contributed by atoms with Gasteiger partial charge in [0.05, 0.1) is 10.9 Å². The van der Waals surface area contributed by atoms with E-state index in [2.05, 4.69) is 4.72 Å². The zero-order valence-corrected chi connectivity index (χ0v) is 12.4. The molecule has 1 fully saturated rings. The van der Waals surface area contributed by atoms with Gasteiger partial charge in [0.25, 0.3) is 5.91 Å². The lowest BCUT2D eigenvalue weighted by Gasteiger charge is -2.34. The quantitative estimate of drug-likeness (QED) is 0.921. The Hall–Kier alpha value is -1.40. The van der Waals surface area contributed by atoms with Crippen LogP contribution in [0.4, 0.5) is 0 Å². The summed E-state index contributed by atoms with van der Waals surface area (Å²) in [4.78, 5) is 11.9. The standard InChI is InChI=1S/C14H19NO4S/c1-14(2)10-12(8-9-19-14)20(17,18)15-13(16)11-6-4-3-5-7-11/h3-7,12H,8-10H2,1-2H3,(H,15,16). The number of ether oxygens (including phenoxy) is 1. The molecule has 2 rings (SSSR count). The molecular weight excluding hydrogens is 278 g/mol. The van der Waals surface area contributed by atoms with Gasteiger partial charge in [-0.25, -0.2) is 13.1 Å². The van der Waals surface area contributed by atoms with Gasteiger partial charge < -0.3 is 4.74 Å². The molecule has 110 valence electrons. The fraction of sp³-hybridized carbons (Fsp3) is 0.500. The van der Waals surface area contributed by atoms with Gasteiger partial charge in [-0.05, 0) is 38.8 Å². The van der Waals surface area contributed by atoms with E-state index in [0.29, 0.717) is 25.0 Å². The molecule has 1 aliphatic rings. The van der Waals surface area contributed by atoms with E-state index in [4.69, 9.17) is 4.74 Å². The Balaban J connectivity index is 2.10. The Morgan fingerprint density at radius 3 is 2.55 bits per heavy atom. The minimum absolute atomic E-state index is 0.336. The number of carbonyl (C=O) groups is 1. The molecule has 0 radical (unpaired) electrons. The monoisotopic (exact) mass is 297 g/mol. The van der Waals surface area contributed by atoms with Crippen molar-refractivity contribution in [3.63, 3.8) is 0 Å². The fourth-order valence-electron chi connectivity index (χ4n) is 2.30. The van der Waals surface area contributed by atoms with Gasteiger partial charge in [0.1, 0.15) is 0 Å². The van der Waals surface area contributed by atoms with Crippen LogP contribution in [0.5, 0.6) is 0 Å². The number of carbonyl (C=O) groups excluding carboxylic acids is 1. The second-order valence-corrected chi connectivity index (χ2v) is 7.53. The van der Waals surface area contributed by atoms with E-state index in [-0.39, 0.29) is 0 Å². The lowest BCUT2D eigenvalue weighted by Crippen LogP contribution is -2.46. The van der Waals surface area contributed by atoms with Gasteiger partial charge in [0, 0.05) is 12.2 Å². The SMILES string of the molecule is CC1(C)CC(S(=O)(=O)NC(=O)c2ccccc2)CCO1. The third kappa shape index (κ3) is 3.58. The smallest absolute Gasteiger partial charge is 0.264 e. The first-order valence-electron chi connectivity index (χ1n) is 6.55. The molecule has 1 heterocycles. The van der Waals surface area contributed by atoms with E-state index in [0.717, 1.165) is 0 Å². The minimum Gasteiger partial charge on any atom is -0.375 e. The number of nitrogens with one attached hydrogen (secondary N) is 1. The van der Waals surface area contributed by atoms with Crippen LogP contribution < -0.4 is 4.72 Å². The minimum atomic E-state index is -3.68. The van der Waals surface area contributed by atoms with Crippen molar-refractivity contribution in [2.24, 2.45) is 0 Å². The first-order chi connectivity index (χ1) is 9.30. The van der Waals surface area contributed by atoms with Gasteiger partial charge in [-0.15, -0.1) is 0 Å². The van der Waals surface area contributed by atoms with Crippen LogP contribution in [-0.2, 0) is 14.8 Å². The highest BCUT2D eigenvalue weighted by atomic mass is 32.2. The van der Waals surface area contributed by atoms with Gasteiger partial charge in [0.15, 0.2) is 0 Å². The molecule has 0 aromatic heterocycles. The summed E-state index contributed by atoms with van der Waals surface area (Å²) < 4.78 is 32.2. The van der Waals surface area contributed by atoms with Crippen molar-refractivity contribution in [2.75, 3.05) is 6.61 Å². The fourth-order valence-corrected chi connectivity index (χ4v) is 3.87. The molecule has 0 bridgehead atoms. The van der Waals surface area contributed by atoms with Crippen LogP contribution >= 0.6 is 0 Å². The number of amides is 1. The van der Waals surface area contributed by atoms with E-state index in [1.165, 1.54) is 0 Å². The predicted molar refractivity (Wildman–Crippen MR) is 75.9 cm³/mol. The van der Waals surface area contributed by atoms with Crippen molar-refractivity contribution >= 4 is 15.9 Å². The second kappa shape index (κ2) is 5.54. The van der Waals surface area contributed by atoms with Crippen molar-refractivity contribution < 1.29 is 17.9 Å². The molecule has 0 saturated carbocycles. The highest BCUT2D eigenvalue weighted by Gasteiger charge is 2.37. The van der Waals surface area contributed by atoms with E-state index in [1.807, 2.05) is 13.8 Å². The summed E-state index contributed by atoms with van der Waals surface area (Å²) in [7, 11) is -3.68. The van der Waals surface area contributed by atoms with Crippen molar-refractivity contribution in [2.45, 2.75) is 37.5 Å². The lowest BCUT2D eigenvalue weighted by atomic mass is 9.98. The predicted octanol–water partition coefficient (Wildman–Crippen LogP) is 1.70. The average molecular weight is 297 g/mol. The van der Waals surface area contributed by atoms with Crippen LogP contribution in [0.1, 0.15) is 37.0 Å². The molecule has 0 aliphatic carbocycles. The third-order valence-corrected chi connectivity index (χ3v) is 5.11. The number of hydrogen-bond donors (Lipinski definition) is 1. The highest BCUT2D eigenvalue weighted by molar-refractivity contribution is 7.90. The molecule has 1 amide bonds. The Kier molecular flexibility index (Phi) is 4.15. The van der Waals surface area contributed by atoms with Crippen LogP contribution in [0.15, 0.2) is 30.3 Å². The summed E-state index contributed by atoms with van der Waals surface area (Å²) in [6, 6.07) is 8.32. The largest absolute Gasteiger partial charge is 0.375 e. The zero-order chi connectivity index (χ0) is 14.8. The summed E-state index contributed by atoms with van der Waals surface area (Å²) in [6.07, 6.45) is 0.783. The summed E-state index contributed by atoms with van der Waals surface area (Å²) in [5.74, 6) is -0.588. The van der Waals surface area contributed by atoms with Crippen LogP contribution in [-0.4, -0.2) is 31.8 Å². The number of hydrogen-bond acceptors (Lipinski definition) is 4. The Morgan fingerprint density at radius 2 is 1.95 bits per heavy atom. The van der Waals surface area contributed by atoms with Gasteiger partial charge in [0.2, 0.25) is 10.0 Å². The molecule has 1 atom stereocenters.